The molecule has 0 bridgehead atoms. The number of aromatic nitrogens is 1. The van der Waals surface area contributed by atoms with Gasteiger partial charge in [0.1, 0.15) is 22.9 Å². The molecule has 9 heteroatoms. The van der Waals surface area contributed by atoms with Crippen LogP contribution in [0.3, 0.4) is 0 Å². The Morgan fingerprint density at radius 1 is 1.09 bits per heavy atom. The number of hydrogen-bond donors (Lipinski definition) is 1. The fraction of sp³-hybridized carbons (Fsp3) is 0.0417. The van der Waals surface area contributed by atoms with Crippen molar-refractivity contribution in [1.82, 2.24) is 4.98 Å². The summed E-state index contributed by atoms with van der Waals surface area (Å²) in [5, 5.41) is 13.5. The molecule has 0 aliphatic rings. The molecule has 0 saturated heterocycles. The second-order valence-electron chi connectivity index (χ2n) is 6.80. The number of benzene rings is 3. The van der Waals surface area contributed by atoms with Crippen LogP contribution in [0.2, 0.25) is 15.1 Å². The van der Waals surface area contributed by atoms with Crippen molar-refractivity contribution in [2.45, 2.75) is 0 Å². The Morgan fingerprint density at radius 2 is 1.91 bits per heavy atom. The van der Waals surface area contributed by atoms with Gasteiger partial charge in [-0.3, -0.25) is 4.79 Å². The average Bonchev–Trinajstić information content (AvgIpc) is 3.23. The van der Waals surface area contributed by atoms with Crippen LogP contribution in [-0.4, -0.2) is 17.5 Å². The molecule has 33 heavy (non-hydrogen) atoms. The largest absolute Gasteiger partial charge is 0.483 e. The number of allylic oxidation sites excluding steroid dienone is 1. The molecule has 4 aromatic rings. The summed E-state index contributed by atoms with van der Waals surface area (Å²) in [6.07, 6.45) is 1.54. The smallest absolute Gasteiger partial charge is 0.262 e. The first-order chi connectivity index (χ1) is 15.9. The van der Waals surface area contributed by atoms with Crippen LogP contribution < -0.4 is 10.1 Å². The predicted octanol–water partition coefficient (Wildman–Crippen LogP) is 6.87. The Bertz CT molecular complexity index is 1390. The van der Waals surface area contributed by atoms with E-state index < -0.39 is 5.91 Å². The molecule has 4 rings (SSSR count). The van der Waals surface area contributed by atoms with Crippen molar-refractivity contribution in [3.05, 3.63) is 87.2 Å². The van der Waals surface area contributed by atoms with Crippen molar-refractivity contribution < 1.29 is 13.9 Å². The van der Waals surface area contributed by atoms with Gasteiger partial charge in [0, 0.05) is 16.3 Å². The normalized spacial score (nSPS) is 11.3. The van der Waals surface area contributed by atoms with Crippen molar-refractivity contribution >= 4 is 69.1 Å². The summed E-state index contributed by atoms with van der Waals surface area (Å²) in [5.41, 5.74) is 2.35. The maximum Gasteiger partial charge on any atom is 0.262 e. The van der Waals surface area contributed by atoms with Crippen molar-refractivity contribution in [3.63, 3.8) is 0 Å². The zero-order valence-corrected chi connectivity index (χ0v) is 19.1. The second-order valence-corrected chi connectivity index (χ2v) is 8.06. The number of carbonyl (C=O) groups is 1. The molecule has 0 aliphatic heterocycles. The summed E-state index contributed by atoms with van der Waals surface area (Å²) in [6, 6.07) is 18.9. The molecule has 1 amide bonds. The molecule has 1 N–H and O–H groups in total. The van der Waals surface area contributed by atoms with E-state index in [-0.39, 0.29) is 18.1 Å². The topological polar surface area (TPSA) is 88.1 Å². The van der Waals surface area contributed by atoms with Crippen LogP contribution in [0.5, 0.6) is 5.75 Å². The summed E-state index contributed by atoms with van der Waals surface area (Å²) in [5.74, 6) is 0.118. The van der Waals surface area contributed by atoms with Gasteiger partial charge < -0.3 is 14.5 Å². The number of para-hydroxylation sites is 2. The van der Waals surface area contributed by atoms with Crippen LogP contribution in [0.25, 0.3) is 22.7 Å². The molecule has 0 aliphatic carbocycles. The lowest BCUT2D eigenvalue weighted by Gasteiger charge is -2.11. The number of fused-ring (bicyclic) bond motifs is 1. The maximum absolute atomic E-state index is 12.3. The van der Waals surface area contributed by atoms with Crippen LogP contribution in [0.15, 0.2) is 65.1 Å². The minimum Gasteiger partial charge on any atom is -0.483 e. The number of hydrogen-bond acceptors (Lipinski definition) is 5. The van der Waals surface area contributed by atoms with Crippen molar-refractivity contribution in [2.24, 2.45) is 0 Å². The number of halogens is 3. The molecule has 1 aromatic heterocycles. The van der Waals surface area contributed by atoms with Gasteiger partial charge in [0.25, 0.3) is 5.91 Å². The van der Waals surface area contributed by atoms with Crippen molar-refractivity contribution in [2.75, 3.05) is 11.9 Å². The molecule has 164 valence electrons. The Kier molecular flexibility index (Phi) is 6.85. The Hall–Kier alpha value is -3.50. The second kappa shape index (κ2) is 9.97. The number of amides is 1. The first-order valence-electron chi connectivity index (χ1n) is 9.58. The molecule has 0 atom stereocenters. The number of ether oxygens (including phenoxy) is 1. The first-order valence-corrected chi connectivity index (χ1v) is 10.7. The van der Waals surface area contributed by atoms with Gasteiger partial charge in [0.15, 0.2) is 12.2 Å². The lowest BCUT2D eigenvalue weighted by Crippen LogP contribution is -2.20. The number of nitrogens with one attached hydrogen (secondary N) is 1. The predicted molar refractivity (Wildman–Crippen MR) is 130 cm³/mol. The molecule has 0 saturated carbocycles. The van der Waals surface area contributed by atoms with Gasteiger partial charge in [-0.05, 0) is 54.6 Å². The maximum atomic E-state index is 12.3. The van der Waals surface area contributed by atoms with Gasteiger partial charge in [-0.2, -0.15) is 5.26 Å². The van der Waals surface area contributed by atoms with E-state index in [0.717, 1.165) is 0 Å². The van der Waals surface area contributed by atoms with Gasteiger partial charge >= 0.3 is 0 Å². The van der Waals surface area contributed by atoms with E-state index in [4.69, 9.17) is 44.0 Å². The third kappa shape index (κ3) is 5.47. The highest BCUT2D eigenvalue weighted by Crippen LogP contribution is 2.29. The third-order valence-electron chi connectivity index (χ3n) is 4.48. The van der Waals surface area contributed by atoms with E-state index >= 15 is 0 Å². The number of anilines is 1. The number of carbonyl (C=O) groups excluding carboxylic acids is 1. The van der Waals surface area contributed by atoms with Crippen LogP contribution in [0, 0.1) is 11.3 Å². The van der Waals surface area contributed by atoms with Crippen molar-refractivity contribution in [1.29, 1.82) is 5.26 Å². The minimum atomic E-state index is -0.405. The SMILES string of the molecule is N#C/C(=C\c1cc(Cl)ccc1OCC(=O)Nc1ccc(Cl)c(Cl)c1)c1nc2ccccc2o1. The molecule has 0 unspecified atom stereocenters. The highest BCUT2D eigenvalue weighted by molar-refractivity contribution is 6.42. The summed E-state index contributed by atoms with van der Waals surface area (Å²) >= 11 is 18.0. The summed E-state index contributed by atoms with van der Waals surface area (Å²) in [6.45, 7) is -0.284. The zero-order valence-electron chi connectivity index (χ0n) is 16.8. The quantitative estimate of drug-likeness (QED) is 0.293. The number of nitriles is 1. The standard InChI is InChI=1S/C24H14Cl3N3O3/c25-16-5-8-21(32-13-23(31)29-17-6-7-18(26)19(27)11-17)14(10-16)9-15(12-28)24-30-20-3-1-2-4-22(20)33-24/h1-11H,13H2,(H,29,31)/b15-9+. The molecule has 0 spiro atoms. The average molecular weight is 499 g/mol. The fourth-order valence-corrected chi connectivity index (χ4v) is 3.44. The lowest BCUT2D eigenvalue weighted by molar-refractivity contribution is -0.118. The third-order valence-corrected chi connectivity index (χ3v) is 5.45. The molecule has 0 radical (unpaired) electrons. The van der Waals surface area contributed by atoms with Crippen LogP contribution in [0.1, 0.15) is 11.5 Å². The monoisotopic (exact) mass is 497 g/mol. The summed E-state index contributed by atoms with van der Waals surface area (Å²) < 4.78 is 11.4. The van der Waals surface area contributed by atoms with E-state index in [2.05, 4.69) is 16.4 Å². The summed E-state index contributed by atoms with van der Waals surface area (Å²) in [7, 11) is 0. The first kappa shape index (κ1) is 22.7. The van der Waals surface area contributed by atoms with Gasteiger partial charge in [-0.25, -0.2) is 4.98 Å². The molecular weight excluding hydrogens is 485 g/mol. The van der Waals surface area contributed by atoms with E-state index in [1.165, 1.54) is 6.07 Å². The van der Waals surface area contributed by atoms with E-state index in [1.807, 2.05) is 12.1 Å². The molecule has 3 aromatic carbocycles. The van der Waals surface area contributed by atoms with Crippen LogP contribution >= 0.6 is 34.8 Å². The van der Waals surface area contributed by atoms with Crippen LogP contribution in [0.4, 0.5) is 5.69 Å². The Morgan fingerprint density at radius 3 is 2.67 bits per heavy atom. The number of rotatable bonds is 6. The highest BCUT2D eigenvalue weighted by Gasteiger charge is 2.13. The van der Waals surface area contributed by atoms with Crippen molar-refractivity contribution in [3.8, 4) is 11.8 Å². The summed E-state index contributed by atoms with van der Waals surface area (Å²) in [4.78, 5) is 16.7. The number of oxazole rings is 1. The fourth-order valence-electron chi connectivity index (χ4n) is 2.96. The molecule has 1 heterocycles. The molecule has 6 nitrogen and oxygen atoms in total. The lowest BCUT2D eigenvalue weighted by atomic mass is 10.1. The molecular formula is C24H14Cl3N3O3. The zero-order chi connectivity index (χ0) is 23.4. The van der Waals surface area contributed by atoms with Gasteiger partial charge in [-0.15, -0.1) is 0 Å². The Balaban J connectivity index is 1.54. The van der Waals surface area contributed by atoms with E-state index in [1.54, 1.807) is 48.5 Å². The van der Waals surface area contributed by atoms with Gasteiger partial charge in [0.2, 0.25) is 5.89 Å². The minimum absolute atomic E-state index is 0.169. The van der Waals surface area contributed by atoms with E-state index in [9.17, 15) is 10.1 Å². The Labute approximate surface area is 204 Å². The highest BCUT2D eigenvalue weighted by atomic mass is 35.5. The van der Waals surface area contributed by atoms with Gasteiger partial charge in [-0.1, -0.05) is 46.9 Å². The molecule has 0 fully saturated rings. The van der Waals surface area contributed by atoms with Crippen LogP contribution in [-0.2, 0) is 4.79 Å². The van der Waals surface area contributed by atoms with Gasteiger partial charge in [0.05, 0.1) is 10.0 Å². The van der Waals surface area contributed by atoms with E-state index in [0.29, 0.717) is 43.2 Å². The number of nitrogens with zero attached hydrogens (tertiary/aromatic N) is 2.